The molecule has 0 bridgehead atoms. The van der Waals surface area contributed by atoms with Gasteiger partial charge in [-0.2, -0.15) is 16.7 Å². The van der Waals surface area contributed by atoms with Crippen LogP contribution in [-0.2, 0) is 12.8 Å². The zero-order valence-electron chi connectivity index (χ0n) is 14.1. The highest BCUT2D eigenvalue weighted by atomic mass is 32.2. The lowest BCUT2D eigenvalue weighted by molar-refractivity contribution is 0.707. The average molecular weight is 334 g/mol. The van der Waals surface area contributed by atoms with E-state index in [1.807, 2.05) is 11.8 Å². The molecule has 1 aromatic rings. The summed E-state index contributed by atoms with van der Waals surface area (Å²) < 4.78 is 0. The van der Waals surface area contributed by atoms with E-state index in [-0.39, 0.29) is 0 Å². The number of aromatic nitrogens is 2. The first-order valence-electron chi connectivity index (χ1n) is 8.95. The second-order valence-corrected chi connectivity index (χ2v) is 8.17. The summed E-state index contributed by atoms with van der Waals surface area (Å²) in [5.41, 5.74) is 2.66. The molecule has 0 radical (unpaired) electrons. The average Bonchev–Trinajstić information content (AvgIpc) is 3.41. The van der Waals surface area contributed by atoms with Gasteiger partial charge in [-0.25, -0.2) is 4.98 Å². The van der Waals surface area contributed by atoms with Gasteiger partial charge >= 0.3 is 0 Å². The third-order valence-corrected chi connectivity index (χ3v) is 5.98. The molecular weight excluding hydrogens is 306 g/mol. The predicted molar refractivity (Wildman–Crippen MR) is 97.8 cm³/mol. The maximum atomic E-state index is 5.04. The summed E-state index contributed by atoms with van der Waals surface area (Å²) in [5.74, 6) is 5.41. The summed E-state index contributed by atoms with van der Waals surface area (Å²) in [6.07, 6.45) is 4.85. The minimum absolute atomic E-state index is 0.879. The second kappa shape index (κ2) is 6.85. The van der Waals surface area contributed by atoms with Crippen molar-refractivity contribution in [3.63, 3.8) is 0 Å². The molecule has 0 spiro atoms. The Hall–Kier alpha value is -1.01. The first-order chi connectivity index (χ1) is 11.3. The van der Waals surface area contributed by atoms with E-state index >= 15 is 0 Å². The molecule has 1 saturated heterocycles. The zero-order chi connectivity index (χ0) is 15.6. The van der Waals surface area contributed by atoms with Crippen molar-refractivity contribution in [3.05, 3.63) is 11.3 Å². The Balaban J connectivity index is 1.68. The van der Waals surface area contributed by atoms with Crippen molar-refractivity contribution < 1.29 is 0 Å². The Morgan fingerprint density at radius 1 is 1.17 bits per heavy atom. The Morgan fingerprint density at radius 3 is 2.74 bits per heavy atom. The second-order valence-electron chi connectivity index (χ2n) is 6.95. The van der Waals surface area contributed by atoms with E-state index in [0.29, 0.717) is 0 Å². The van der Waals surface area contributed by atoms with Crippen molar-refractivity contribution in [2.45, 2.75) is 25.7 Å². The highest BCUT2D eigenvalue weighted by Gasteiger charge is 2.27. The van der Waals surface area contributed by atoms with Crippen molar-refractivity contribution in [2.75, 3.05) is 61.1 Å². The molecule has 0 unspecified atom stereocenters. The summed E-state index contributed by atoms with van der Waals surface area (Å²) in [6, 6.07) is 0. The highest BCUT2D eigenvalue weighted by molar-refractivity contribution is 7.99. The van der Waals surface area contributed by atoms with Crippen LogP contribution in [0.15, 0.2) is 0 Å². The van der Waals surface area contributed by atoms with E-state index < -0.39 is 0 Å². The fraction of sp³-hybridized carbons (Fsp3) is 0.765. The van der Waals surface area contributed by atoms with Crippen molar-refractivity contribution >= 4 is 23.5 Å². The van der Waals surface area contributed by atoms with Crippen LogP contribution in [0.2, 0.25) is 0 Å². The molecule has 2 aliphatic heterocycles. The first-order valence-corrected chi connectivity index (χ1v) is 10.1. The van der Waals surface area contributed by atoms with Crippen molar-refractivity contribution in [1.29, 1.82) is 0 Å². The maximum Gasteiger partial charge on any atom is 0.227 e. The lowest BCUT2D eigenvalue weighted by Gasteiger charge is -2.29. The molecule has 3 aliphatic rings. The molecule has 23 heavy (non-hydrogen) atoms. The quantitative estimate of drug-likeness (QED) is 0.902. The van der Waals surface area contributed by atoms with Gasteiger partial charge in [-0.1, -0.05) is 0 Å². The molecule has 0 atom stereocenters. The van der Waals surface area contributed by atoms with E-state index in [1.165, 1.54) is 41.4 Å². The number of thioether (sulfide) groups is 1. The van der Waals surface area contributed by atoms with E-state index in [4.69, 9.17) is 9.97 Å². The highest BCUT2D eigenvalue weighted by Crippen LogP contribution is 2.33. The summed E-state index contributed by atoms with van der Waals surface area (Å²) in [5, 5.41) is 3.51. The first kappa shape index (κ1) is 15.5. The van der Waals surface area contributed by atoms with Gasteiger partial charge in [0.2, 0.25) is 5.95 Å². The van der Waals surface area contributed by atoms with E-state index in [9.17, 15) is 0 Å². The minimum atomic E-state index is 0.879. The van der Waals surface area contributed by atoms with Crippen LogP contribution in [-0.4, -0.2) is 61.2 Å². The Labute approximate surface area is 143 Å². The Bertz CT molecular complexity index is 554. The fourth-order valence-electron chi connectivity index (χ4n) is 3.51. The predicted octanol–water partition coefficient (Wildman–Crippen LogP) is 1.56. The van der Waals surface area contributed by atoms with Gasteiger partial charge in [0.15, 0.2) is 0 Å². The number of anilines is 2. The molecule has 1 saturated carbocycles. The molecule has 0 amide bonds. The largest absolute Gasteiger partial charge is 0.359 e. The van der Waals surface area contributed by atoms with Gasteiger partial charge in [0.1, 0.15) is 5.82 Å². The molecule has 5 nitrogen and oxygen atoms in total. The summed E-state index contributed by atoms with van der Waals surface area (Å²) >= 11 is 2.03. The maximum absolute atomic E-state index is 5.04. The molecule has 1 N–H and O–H groups in total. The number of nitrogens with zero attached hydrogens (tertiary/aromatic N) is 4. The molecule has 6 heteroatoms. The molecule has 1 aromatic heterocycles. The molecule has 126 valence electrons. The normalized spacial score (nSPS) is 21.7. The van der Waals surface area contributed by atoms with Crippen LogP contribution in [0.25, 0.3) is 0 Å². The molecule has 0 aromatic carbocycles. The SMILES string of the molecule is CN(CC1CC1)c1nc(N2CCSCC2)nc2c1CCNCC2. The van der Waals surface area contributed by atoms with Crippen molar-refractivity contribution in [1.82, 2.24) is 15.3 Å². The standard InChI is InChI=1S/C17H27N5S/c1-21(12-13-2-3-13)16-14-4-6-18-7-5-15(14)19-17(20-16)22-8-10-23-11-9-22/h13,18H,2-12H2,1H3. The Morgan fingerprint density at radius 2 is 1.96 bits per heavy atom. The smallest absolute Gasteiger partial charge is 0.227 e. The van der Waals surface area contributed by atoms with Crippen LogP contribution in [0.3, 0.4) is 0 Å². The van der Waals surface area contributed by atoms with Gasteiger partial charge in [0, 0.05) is 56.7 Å². The lowest BCUT2D eigenvalue weighted by Crippen LogP contribution is -2.35. The monoisotopic (exact) mass is 333 g/mol. The van der Waals surface area contributed by atoms with Crippen LogP contribution in [0, 0.1) is 5.92 Å². The number of nitrogens with one attached hydrogen (secondary N) is 1. The van der Waals surface area contributed by atoms with Crippen LogP contribution in [0.4, 0.5) is 11.8 Å². The minimum Gasteiger partial charge on any atom is -0.359 e. The van der Waals surface area contributed by atoms with Gasteiger partial charge in [-0.05, 0) is 31.7 Å². The fourth-order valence-corrected chi connectivity index (χ4v) is 4.41. The third-order valence-electron chi connectivity index (χ3n) is 5.03. The van der Waals surface area contributed by atoms with Gasteiger partial charge < -0.3 is 15.1 Å². The molecule has 4 rings (SSSR count). The van der Waals surface area contributed by atoms with Crippen LogP contribution in [0.5, 0.6) is 0 Å². The van der Waals surface area contributed by atoms with Crippen LogP contribution >= 0.6 is 11.8 Å². The lowest BCUT2D eigenvalue weighted by atomic mass is 10.1. The van der Waals surface area contributed by atoms with Gasteiger partial charge in [0.25, 0.3) is 0 Å². The van der Waals surface area contributed by atoms with Crippen LogP contribution in [0.1, 0.15) is 24.1 Å². The Kier molecular flexibility index (Phi) is 4.62. The van der Waals surface area contributed by atoms with E-state index in [1.54, 1.807) is 0 Å². The third kappa shape index (κ3) is 3.58. The zero-order valence-corrected chi connectivity index (χ0v) is 14.9. The molecular formula is C17H27N5S. The van der Waals surface area contributed by atoms with Gasteiger partial charge in [-0.3, -0.25) is 0 Å². The topological polar surface area (TPSA) is 44.3 Å². The van der Waals surface area contributed by atoms with E-state index in [0.717, 1.165) is 57.4 Å². The molecule has 3 heterocycles. The van der Waals surface area contributed by atoms with Gasteiger partial charge in [0.05, 0.1) is 5.69 Å². The molecule has 2 fully saturated rings. The number of hydrogen-bond donors (Lipinski definition) is 1. The summed E-state index contributed by atoms with van der Waals surface area (Å²) in [6.45, 7) is 5.37. The molecule has 1 aliphatic carbocycles. The number of rotatable bonds is 4. The number of hydrogen-bond acceptors (Lipinski definition) is 6. The summed E-state index contributed by atoms with van der Waals surface area (Å²) in [7, 11) is 2.22. The van der Waals surface area contributed by atoms with Crippen molar-refractivity contribution in [3.8, 4) is 0 Å². The van der Waals surface area contributed by atoms with E-state index in [2.05, 4.69) is 22.2 Å². The van der Waals surface area contributed by atoms with Gasteiger partial charge in [-0.15, -0.1) is 0 Å². The van der Waals surface area contributed by atoms with Crippen molar-refractivity contribution in [2.24, 2.45) is 5.92 Å². The summed E-state index contributed by atoms with van der Waals surface area (Å²) in [4.78, 5) is 14.8. The number of fused-ring (bicyclic) bond motifs is 1. The van der Waals surface area contributed by atoms with Crippen LogP contribution < -0.4 is 15.1 Å².